The molecule has 0 saturated carbocycles. The van der Waals surface area contributed by atoms with Crippen LogP contribution in [0.1, 0.15) is 5.56 Å². The maximum Gasteiger partial charge on any atom is 0.154 e. The first-order valence-corrected chi connectivity index (χ1v) is 8.54. The molecule has 1 aromatic carbocycles. The largest absolute Gasteiger partial charge is 0.374 e. The van der Waals surface area contributed by atoms with Crippen LogP contribution in [-0.2, 0) is 4.74 Å². The van der Waals surface area contributed by atoms with Crippen LogP contribution in [0.3, 0.4) is 0 Å². The number of pyridine rings is 1. The van der Waals surface area contributed by atoms with Crippen LogP contribution in [-0.4, -0.2) is 47.3 Å². The van der Waals surface area contributed by atoms with Gasteiger partial charge in [0.05, 0.1) is 23.9 Å². The summed E-state index contributed by atoms with van der Waals surface area (Å²) in [6.07, 6.45) is 3.53. The molecular weight excluding hydrogens is 314 g/mol. The van der Waals surface area contributed by atoms with Crippen molar-refractivity contribution in [2.75, 3.05) is 31.6 Å². The van der Waals surface area contributed by atoms with Crippen molar-refractivity contribution in [2.24, 2.45) is 0 Å². The van der Waals surface area contributed by atoms with E-state index in [9.17, 15) is 0 Å². The highest BCUT2D eigenvalue weighted by atomic mass is 16.5. The number of anilines is 1. The van der Waals surface area contributed by atoms with Crippen LogP contribution < -0.4 is 10.6 Å². The van der Waals surface area contributed by atoms with E-state index >= 15 is 0 Å². The molecule has 0 amide bonds. The number of nitrogens with one attached hydrogen (secondary N) is 2. The molecule has 128 valence electrons. The highest BCUT2D eigenvalue weighted by molar-refractivity contribution is 5.88. The van der Waals surface area contributed by atoms with E-state index in [0.29, 0.717) is 6.54 Å². The standard InChI is InChI=1S/C19H21N5O/c1-13-2-4-14(5-3-13)16-10-17-18(22-7-6-21-17)19(24-16)23-12-15-11-20-8-9-25-15/h2-7,10,15,20H,8-9,11-12H2,1H3,(H,23,24). The fourth-order valence-corrected chi connectivity index (χ4v) is 2.93. The summed E-state index contributed by atoms with van der Waals surface area (Å²) in [6, 6.07) is 10.3. The number of aryl methyl sites for hydroxylation is 1. The maximum atomic E-state index is 5.75. The van der Waals surface area contributed by atoms with Gasteiger partial charge in [-0.15, -0.1) is 0 Å². The number of ether oxygens (including phenoxy) is 1. The smallest absolute Gasteiger partial charge is 0.154 e. The van der Waals surface area contributed by atoms with Crippen molar-refractivity contribution < 1.29 is 4.74 Å². The maximum absolute atomic E-state index is 5.75. The molecule has 2 aromatic heterocycles. The van der Waals surface area contributed by atoms with Gasteiger partial charge in [-0.3, -0.25) is 4.98 Å². The fraction of sp³-hybridized carbons (Fsp3) is 0.316. The van der Waals surface area contributed by atoms with Crippen molar-refractivity contribution in [1.82, 2.24) is 20.3 Å². The summed E-state index contributed by atoms with van der Waals surface area (Å²) in [6.45, 7) is 5.25. The average Bonchev–Trinajstić information content (AvgIpc) is 2.67. The lowest BCUT2D eigenvalue weighted by Gasteiger charge is -2.24. The summed E-state index contributed by atoms with van der Waals surface area (Å²) >= 11 is 0. The SMILES string of the molecule is Cc1ccc(-c2cc3nccnc3c(NCC3CNCCO3)n2)cc1. The third-order valence-corrected chi connectivity index (χ3v) is 4.31. The molecule has 1 saturated heterocycles. The lowest BCUT2D eigenvalue weighted by molar-refractivity contribution is 0.0372. The fourth-order valence-electron chi connectivity index (χ4n) is 2.93. The number of hydrogen-bond donors (Lipinski definition) is 2. The normalized spacial score (nSPS) is 17.6. The lowest BCUT2D eigenvalue weighted by Crippen LogP contribution is -2.42. The van der Waals surface area contributed by atoms with Gasteiger partial charge < -0.3 is 15.4 Å². The van der Waals surface area contributed by atoms with E-state index in [1.54, 1.807) is 12.4 Å². The van der Waals surface area contributed by atoms with Gasteiger partial charge >= 0.3 is 0 Å². The van der Waals surface area contributed by atoms with Gasteiger partial charge in [-0.05, 0) is 13.0 Å². The van der Waals surface area contributed by atoms with E-state index < -0.39 is 0 Å². The topological polar surface area (TPSA) is 72.0 Å². The number of fused-ring (bicyclic) bond motifs is 1. The molecule has 4 rings (SSSR count). The summed E-state index contributed by atoms with van der Waals surface area (Å²) in [5.74, 6) is 0.746. The highest BCUT2D eigenvalue weighted by Gasteiger charge is 2.15. The molecule has 1 aliphatic rings. The Balaban J connectivity index is 1.67. The molecule has 6 heteroatoms. The second-order valence-corrected chi connectivity index (χ2v) is 6.22. The van der Waals surface area contributed by atoms with Crippen molar-refractivity contribution in [3.05, 3.63) is 48.3 Å². The number of morpholine rings is 1. The minimum atomic E-state index is 0.130. The quantitative estimate of drug-likeness (QED) is 0.763. The Bertz CT molecular complexity index is 859. The van der Waals surface area contributed by atoms with E-state index in [4.69, 9.17) is 9.72 Å². The Kier molecular flexibility index (Phi) is 4.54. The molecule has 1 aliphatic heterocycles. The summed E-state index contributed by atoms with van der Waals surface area (Å²) in [5.41, 5.74) is 4.79. The molecule has 25 heavy (non-hydrogen) atoms. The minimum absolute atomic E-state index is 0.130. The predicted octanol–water partition coefficient (Wildman–Crippen LogP) is 2.40. The Labute approximate surface area is 146 Å². The molecule has 6 nitrogen and oxygen atoms in total. The number of benzene rings is 1. The second kappa shape index (κ2) is 7.13. The molecule has 3 aromatic rings. The summed E-state index contributed by atoms with van der Waals surface area (Å²) < 4.78 is 5.75. The number of aromatic nitrogens is 3. The van der Waals surface area contributed by atoms with Crippen LogP contribution in [0.5, 0.6) is 0 Å². The predicted molar refractivity (Wildman–Crippen MR) is 98.6 cm³/mol. The first kappa shape index (κ1) is 15.9. The van der Waals surface area contributed by atoms with Gasteiger partial charge in [0, 0.05) is 37.6 Å². The molecule has 1 fully saturated rings. The zero-order chi connectivity index (χ0) is 17.1. The monoisotopic (exact) mass is 335 g/mol. The van der Waals surface area contributed by atoms with E-state index in [-0.39, 0.29) is 6.10 Å². The summed E-state index contributed by atoms with van der Waals surface area (Å²) in [5, 5.41) is 6.74. The van der Waals surface area contributed by atoms with E-state index in [1.807, 2.05) is 6.07 Å². The zero-order valence-corrected chi connectivity index (χ0v) is 14.2. The molecule has 2 N–H and O–H groups in total. The highest BCUT2D eigenvalue weighted by Crippen LogP contribution is 2.25. The third kappa shape index (κ3) is 3.60. The van der Waals surface area contributed by atoms with Crippen LogP contribution in [0.2, 0.25) is 0 Å². The lowest BCUT2D eigenvalue weighted by atomic mass is 10.1. The number of nitrogens with zero attached hydrogens (tertiary/aromatic N) is 3. The van der Waals surface area contributed by atoms with Crippen molar-refractivity contribution in [3.8, 4) is 11.3 Å². The Morgan fingerprint density at radius 3 is 2.84 bits per heavy atom. The summed E-state index contributed by atoms with van der Waals surface area (Å²) in [4.78, 5) is 13.7. The van der Waals surface area contributed by atoms with Crippen LogP contribution in [0, 0.1) is 6.92 Å². The van der Waals surface area contributed by atoms with Crippen molar-refractivity contribution >= 4 is 16.9 Å². The van der Waals surface area contributed by atoms with Gasteiger partial charge in [-0.25, -0.2) is 9.97 Å². The van der Waals surface area contributed by atoms with Gasteiger partial charge in [0.2, 0.25) is 0 Å². The number of rotatable bonds is 4. The molecule has 0 radical (unpaired) electrons. The minimum Gasteiger partial charge on any atom is -0.374 e. The van der Waals surface area contributed by atoms with Crippen LogP contribution >= 0.6 is 0 Å². The average molecular weight is 335 g/mol. The molecule has 0 aliphatic carbocycles. The molecular formula is C19H21N5O. The first-order valence-electron chi connectivity index (χ1n) is 8.54. The van der Waals surface area contributed by atoms with Gasteiger partial charge in [0.1, 0.15) is 5.52 Å². The molecule has 3 heterocycles. The molecule has 0 bridgehead atoms. The Hall–Kier alpha value is -2.57. The Morgan fingerprint density at radius 1 is 1.20 bits per heavy atom. The van der Waals surface area contributed by atoms with Gasteiger partial charge in [-0.2, -0.15) is 0 Å². The van der Waals surface area contributed by atoms with E-state index in [0.717, 1.165) is 47.8 Å². The van der Waals surface area contributed by atoms with E-state index in [2.05, 4.69) is 51.8 Å². The Morgan fingerprint density at radius 2 is 2.04 bits per heavy atom. The van der Waals surface area contributed by atoms with Crippen molar-refractivity contribution in [3.63, 3.8) is 0 Å². The molecule has 1 unspecified atom stereocenters. The number of hydrogen-bond acceptors (Lipinski definition) is 6. The van der Waals surface area contributed by atoms with E-state index in [1.165, 1.54) is 5.56 Å². The molecule has 0 spiro atoms. The van der Waals surface area contributed by atoms with Gasteiger partial charge in [-0.1, -0.05) is 29.8 Å². The summed E-state index contributed by atoms with van der Waals surface area (Å²) in [7, 11) is 0. The molecule has 1 atom stereocenters. The van der Waals surface area contributed by atoms with Gasteiger partial charge in [0.15, 0.2) is 5.82 Å². The zero-order valence-electron chi connectivity index (χ0n) is 14.2. The van der Waals surface area contributed by atoms with Crippen molar-refractivity contribution in [2.45, 2.75) is 13.0 Å². The van der Waals surface area contributed by atoms with Crippen LogP contribution in [0.15, 0.2) is 42.7 Å². The third-order valence-electron chi connectivity index (χ3n) is 4.31. The van der Waals surface area contributed by atoms with Gasteiger partial charge in [0.25, 0.3) is 0 Å². The van der Waals surface area contributed by atoms with Crippen LogP contribution in [0.25, 0.3) is 22.3 Å². The van der Waals surface area contributed by atoms with Crippen molar-refractivity contribution in [1.29, 1.82) is 0 Å². The first-order chi connectivity index (χ1) is 12.3. The van der Waals surface area contributed by atoms with Crippen LogP contribution in [0.4, 0.5) is 5.82 Å². The second-order valence-electron chi connectivity index (χ2n) is 6.22.